The van der Waals surface area contributed by atoms with E-state index >= 15 is 0 Å². The maximum absolute atomic E-state index is 12.7. The Kier molecular flexibility index (Phi) is 6.39. The Morgan fingerprint density at radius 2 is 1.80 bits per heavy atom. The number of likely N-dealkylation sites (N-methyl/N-ethyl adjacent to an activating group) is 1. The van der Waals surface area contributed by atoms with E-state index < -0.39 is 0 Å². The van der Waals surface area contributed by atoms with Crippen molar-refractivity contribution in [3.05, 3.63) is 80.7 Å². The molecular weight excluding hydrogens is 348 g/mol. The molecule has 3 nitrogen and oxygen atoms in total. The highest BCUT2D eigenvalue weighted by Gasteiger charge is 2.19. The molecule has 0 bridgehead atoms. The first-order chi connectivity index (χ1) is 12.3. The zero-order valence-corrected chi connectivity index (χ0v) is 15.9. The summed E-state index contributed by atoms with van der Waals surface area (Å²) in [4.78, 5) is 17.3. The number of nitrogens with zero attached hydrogens (tertiary/aromatic N) is 1. The highest BCUT2D eigenvalue weighted by molar-refractivity contribution is 7.10. The summed E-state index contributed by atoms with van der Waals surface area (Å²) < 4.78 is 0. The van der Waals surface area contributed by atoms with Crippen molar-refractivity contribution in [1.29, 1.82) is 0 Å². The van der Waals surface area contributed by atoms with Gasteiger partial charge in [-0.3, -0.25) is 9.69 Å². The third-order valence-electron chi connectivity index (χ3n) is 4.04. The van der Waals surface area contributed by atoms with Crippen molar-refractivity contribution in [2.75, 3.05) is 13.1 Å². The molecular formula is C20H22N2OS2. The van der Waals surface area contributed by atoms with Gasteiger partial charge in [-0.2, -0.15) is 0 Å². The Morgan fingerprint density at radius 1 is 1.04 bits per heavy atom. The van der Waals surface area contributed by atoms with E-state index in [4.69, 9.17) is 0 Å². The lowest BCUT2D eigenvalue weighted by atomic mass is 10.1. The lowest BCUT2D eigenvalue weighted by Gasteiger charge is -2.22. The molecule has 2 heterocycles. The van der Waals surface area contributed by atoms with Crippen LogP contribution in [0.5, 0.6) is 0 Å². The fourth-order valence-electron chi connectivity index (χ4n) is 2.73. The van der Waals surface area contributed by atoms with E-state index in [0.29, 0.717) is 6.54 Å². The van der Waals surface area contributed by atoms with Crippen molar-refractivity contribution in [3.63, 3.8) is 0 Å². The zero-order chi connectivity index (χ0) is 17.5. The molecule has 0 aliphatic carbocycles. The standard InChI is InChI=1S/C20H22N2OS2/c1-2-22(14-17-10-6-12-24-17)15-19(23)21-20(18-11-7-13-25-18)16-8-4-3-5-9-16/h3-13,20H,2,14-15H2,1H3,(H,21,23)/t20-/m0/s1. The van der Waals surface area contributed by atoms with E-state index in [1.54, 1.807) is 22.7 Å². The van der Waals surface area contributed by atoms with Gasteiger partial charge in [-0.25, -0.2) is 0 Å². The Balaban J connectivity index is 1.68. The maximum atomic E-state index is 12.7. The van der Waals surface area contributed by atoms with E-state index in [0.717, 1.165) is 23.5 Å². The summed E-state index contributed by atoms with van der Waals surface area (Å²) in [5.74, 6) is 0.0562. The quantitative estimate of drug-likeness (QED) is 0.631. The molecule has 1 aromatic carbocycles. The summed E-state index contributed by atoms with van der Waals surface area (Å²) >= 11 is 3.40. The highest BCUT2D eigenvalue weighted by Crippen LogP contribution is 2.25. The Hall–Kier alpha value is -1.95. The van der Waals surface area contributed by atoms with Crippen LogP contribution in [-0.4, -0.2) is 23.9 Å². The van der Waals surface area contributed by atoms with Gasteiger partial charge in [0.1, 0.15) is 0 Å². The van der Waals surface area contributed by atoms with Gasteiger partial charge in [0.2, 0.25) is 5.91 Å². The van der Waals surface area contributed by atoms with Gasteiger partial charge in [0.15, 0.2) is 0 Å². The SMILES string of the molecule is CCN(CC(=O)N[C@@H](c1ccccc1)c1cccs1)Cc1cccs1. The number of amides is 1. The number of benzene rings is 1. The van der Waals surface area contributed by atoms with Gasteiger partial charge in [-0.15, -0.1) is 22.7 Å². The normalized spacial score (nSPS) is 12.2. The largest absolute Gasteiger partial charge is 0.343 e. The highest BCUT2D eigenvalue weighted by atomic mass is 32.1. The van der Waals surface area contributed by atoms with Gasteiger partial charge in [-0.1, -0.05) is 49.4 Å². The predicted molar refractivity (Wildman–Crippen MR) is 106 cm³/mol. The van der Waals surface area contributed by atoms with Crippen LogP contribution in [0.1, 0.15) is 28.3 Å². The van der Waals surface area contributed by atoms with Crippen LogP contribution >= 0.6 is 22.7 Å². The fourth-order valence-corrected chi connectivity index (χ4v) is 4.28. The van der Waals surface area contributed by atoms with E-state index in [-0.39, 0.29) is 11.9 Å². The summed E-state index contributed by atoms with van der Waals surface area (Å²) in [5, 5.41) is 7.34. The smallest absolute Gasteiger partial charge is 0.234 e. The van der Waals surface area contributed by atoms with Crippen LogP contribution in [0.4, 0.5) is 0 Å². The minimum atomic E-state index is -0.0888. The number of rotatable bonds is 8. The molecule has 0 unspecified atom stereocenters. The molecule has 1 N–H and O–H groups in total. The topological polar surface area (TPSA) is 32.3 Å². The average molecular weight is 371 g/mol. The molecule has 25 heavy (non-hydrogen) atoms. The zero-order valence-electron chi connectivity index (χ0n) is 14.2. The first-order valence-electron chi connectivity index (χ1n) is 8.38. The lowest BCUT2D eigenvalue weighted by Crippen LogP contribution is -2.38. The van der Waals surface area contributed by atoms with Crippen molar-refractivity contribution < 1.29 is 4.79 Å². The minimum Gasteiger partial charge on any atom is -0.343 e. The molecule has 0 aliphatic rings. The van der Waals surface area contributed by atoms with Gasteiger partial charge in [-0.05, 0) is 35.0 Å². The van der Waals surface area contributed by atoms with E-state index in [2.05, 4.69) is 52.9 Å². The minimum absolute atomic E-state index is 0.0562. The van der Waals surface area contributed by atoms with Crippen molar-refractivity contribution in [1.82, 2.24) is 10.2 Å². The summed E-state index contributed by atoms with van der Waals surface area (Å²) in [5.41, 5.74) is 1.11. The van der Waals surface area contributed by atoms with Crippen molar-refractivity contribution in [2.24, 2.45) is 0 Å². The third kappa shape index (κ3) is 5.01. The average Bonchev–Trinajstić information content (AvgIpc) is 3.34. The Bertz CT molecular complexity index is 754. The molecule has 0 aliphatic heterocycles. The molecule has 1 atom stereocenters. The maximum Gasteiger partial charge on any atom is 0.234 e. The van der Waals surface area contributed by atoms with Crippen LogP contribution in [-0.2, 0) is 11.3 Å². The number of carbonyl (C=O) groups excluding carboxylic acids is 1. The van der Waals surface area contributed by atoms with Crippen LogP contribution in [0.15, 0.2) is 65.4 Å². The van der Waals surface area contributed by atoms with E-state index in [1.807, 2.05) is 29.6 Å². The molecule has 0 radical (unpaired) electrons. The molecule has 5 heteroatoms. The number of hydrogen-bond acceptors (Lipinski definition) is 4. The Morgan fingerprint density at radius 3 is 2.44 bits per heavy atom. The van der Waals surface area contributed by atoms with Crippen LogP contribution in [0.2, 0.25) is 0 Å². The van der Waals surface area contributed by atoms with Crippen LogP contribution in [0.25, 0.3) is 0 Å². The van der Waals surface area contributed by atoms with Gasteiger partial charge in [0.05, 0.1) is 12.6 Å². The Labute approximate surface area is 156 Å². The molecule has 0 spiro atoms. The summed E-state index contributed by atoms with van der Waals surface area (Å²) in [7, 11) is 0. The summed E-state index contributed by atoms with van der Waals surface area (Å²) in [6.45, 7) is 4.16. The van der Waals surface area contributed by atoms with Gasteiger partial charge in [0.25, 0.3) is 0 Å². The van der Waals surface area contributed by atoms with Gasteiger partial charge in [0, 0.05) is 16.3 Å². The van der Waals surface area contributed by atoms with Gasteiger partial charge < -0.3 is 5.32 Å². The van der Waals surface area contributed by atoms with Crippen LogP contribution < -0.4 is 5.32 Å². The van der Waals surface area contributed by atoms with Crippen molar-refractivity contribution >= 4 is 28.6 Å². The first-order valence-corrected chi connectivity index (χ1v) is 10.1. The van der Waals surface area contributed by atoms with Crippen molar-refractivity contribution in [2.45, 2.75) is 19.5 Å². The second kappa shape index (κ2) is 8.94. The molecule has 0 fully saturated rings. The number of thiophene rings is 2. The van der Waals surface area contributed by atoms with E-state index in [1.165, 1.54) is 4.88 Å². The fraction of sp³-hybridized carbons (Fsp3) is 0.250. The van der Waals surface area contributed by atoms with E-state index in [9.17, 15) is 4.79 Å². The molecule has 130 valence electrons. The second-order valence-corrected chi connectivity index (χ2v) is 7.82. The summed E-state index contributed by atoms with van der Waals surface area (Å²) in [6, 6.07) is 18.3. The monoisotopic (exact) mass is 370 g/mol. The molecule has 3 rings (SSSR count). The van der Waals surface area contributed by atoms with Gasteiger partial charge >= 0.3 is 0 Å². The predicted octanol–water partition coefficient (Wildman–Crippen LogP) is 4.54. The van der Waals surface area contributed by atoms with Crippen LogP contribution in [0.3, 0.4) is 0 Å². The number of carbonyl (C=O) groups is 1. The molecule has 0 saturated heterocycles. The first kappa shape index (κ1) is 17.9. The molecule has 1 amide bonds. The lowest BCUT2D eigenvalue weighted by molar-refractivity contribution is -0.122. The number of nitrogens with one attached hydrogen (secondary N) is 1. The summed E-state index contributed by atoms with van der Waals surface area (Å²) in [6.07, 6.45) is 0. The molecule has 0 saturated carbocycles. The molecule has 3 aromatic rings. The third-order valence-corrected chi connectivity index (χ3v) is 5.84. The van der Waals surface area contributed by atoms with Crippen molar-refractivity contribution in [3.8, 4) is 0 Å². The van der Waals surface area contributed by atoms with Crippen LogP contribution in [0, 0.1) is 0 Å². The number of hydrogen-bond donors (Lipinski definition) is 1. The molecule has 2 aromatic heterocycles. The second-order valence-electron chi connectivity index (χ2n) is 5.81.